The van der Waals surface area contributed by atoms with Crippen LogP contribution < -0.4 is 4.74 Å². The Morgan fingerprint density at radius 1 is 1.13 bits per heavy atom. The van der Waals surface area contributed by atoms with E-state index < -0.39 is 0 Å². The van der Waals surface area contributed by atoms with E-state index in [9.17, 15) is 4.79 Å². The summed E-state index contributed by atoms with van der Waals surface area (Å²) in [4.78, 5) is 11.4. The number of benzene rings is 2. The molecule has 3 nitrogen and oxygen atoms in total. The molecule has 0 bridgehead atoms. The van der Waals surface area contributed by atoms with Crippen molar-refractivity contribution in [2.24, 2.45) is 0 Å². The van der Waals surface area contributed by atoms with E-state index in [0.717, 1.165) is 41.4 Å². The van der Waals surface area contributed by atoms with Gasteiger partial charge in [-0.2, -0.15) is 0 Å². The molecule has 0 aliphatic heterocycles. The Kier molecular flexibility index (Phi) is 4.68. The fraction of sp³-hybridized carbons (Fsp3) is 0.211. The number of carbonyl (C=O) groups is 1. The van der Waals surface area contributed by atoms with Gasteiger partial charge in [0.2, 0.25) is 0 Å². The van der Waals surface area contributed by atoms with Gasteiger partial charge in [0.1, 0.15) is 5.75 Å². The van der Waals surface area contributed by atoms with Crippen LogP contribution in [0.2, 0.25) is 5.02 Å². The third-order valence-electron chi connectivity index (χ3n) is 4.02. The molecule has 0 N–H and O–H groups in total. The van der Waals surface area contributed by atoms with Gasteiger partial charge in [-0.3, -0.25) is 4.79 Å². The number of halogens is 1. The van der Waals surface area contributed by atoms with Crippen LogP contribution in [0.25, 0.3) is 10.9 Å². The zero-order valence-electron chi connectivity index (χ0n) is 13.0. The van der Waals surface area contributed by atoms with Gasteiger partial charge in [0, 0.05) is 28.7 Å². The van der Waals surface area contributed by atoms with Crippen molar-refractivity contribution < 1.29 is 9.53 Å². The molecule has 3 rings (SSSR count). The van der Waals surface area contributed by atoms with Crippen molar-refractivity contribution in [2.75, 3.05) is 6.61 Å². The van der Waals surface area contributed by atoms with Crippen LogP contribution in [0.15, 0.2) is 48.5 Å². The number of fused-ring (bicyclic) bond motifs is 1. The summed E-state index contributed by atoms with van der Waals surface area (Å²) >= 11 is 6.08. The number of carbonyl (C=O) groups excluding carboxylic acids is 1. The second-order valence-electron chi connectivity index (χ2n) is 5.42. The highest BCUT2D eigenvalue weighted by Gasteiger charge is 2.12. The molecule has 3 aromatic rings. The maximum Gasteiger partial charge on any atom is 0.152 e. The summed E-state index contributed by atoms with van der Waals surface area (Å²) in [5, 5.41) is 1.63. The number of hydrogen-bond donors (Lipinski definition) is 0. The molecule has 0 saturated heterocycles. The average molecular weight is 328 g/mol. The van der Waals surface area contributed by atoms with Crippen molar-refractivity contribution in [2.45, 2.75) is 19.9 Å². The molecule has 0 unspecified atom stereocenters. The lowest BCUT2D eigenvalue weighted by Crippen LogP contribution is -2.06. The highest BCUT2D eigenvalue weighted by molar-refractivity contribution is 6.32. The largest absolute Gasteiger partial charge is 0.492 e. The Bertz CT molecular complexity index is 839. The third-order valence-corrected chi connectivity index (χ3v) is 4.33. The first-order valence-corrected chi connectivity index (χ1v) is 8.00. The van der Waals surface area contributed by atoms with E-state index in [2.05, 4.69) is 4.57 Å². The fourth-order valence-corrected chi connectivity index (χ4v) is 3.05. The number of aryl methyl sites for hydroxylation is 1. The van der Waals surface area contributed by atoms with Gasteiger partial charge in [0.25, 0.3) is 0 Å². The molecule has 0 saturated carbocycles. The molecule has 118 valence electrons. The highest BCUT2D eigenvalue weighted by atomic mass is 35.5. The van der Waals surface area contributed by atoms with E-state index >= 15 is 0 Å². The summed E-state index contributed by atoms with van der Waals surface area (Å²) < 4.78 is 7.90. The molecule has 1 aromatic heterocycles. The van der Waals surface area contributed by atoms with E-state index in [1.165, 1.54) is 0 Å². The number of rotatable bonds is 6. The second-order valence-corrected chi connectivity index (χ2v) is 5.83. The summed E-state index contributed by atoms with van der Waals surface area (Å²) in [6.45, 7) is 3.36. The van der Waals surface area contributed by atoms with Gasteiger partial charge in [-0.15, -0.1) is 0 Å². The lowest BCUT2D eigenvalue weighted by atomic mass is 10.1. The molecule has 4 heteroatoms. The molecule has 0 fully saturated rings. The molecule has 0 radical (unpaired) electrons. The van der Waals surface area contributed by atoms with E-state index in [0.29, 0.717) is 17.4 Å². The Balaban J connectivity index is 1.72. The predicted octanol–water partition coefficient (Wildman–Crippen LogP) is 4.88. The van der Waals surface area contributed by atoms with Crippen LogP contribution in [0.5, 0.6) is 5.75 Å². The number of para-hydroxylation sites is 2. The van der Waals surface area contributed by atoms with Crippen molar-refractivity contribution in [3.05, 3.63) is 64.8 Å². The number of hydrogen-bond acceptors (Lipinski definition) is 2. The minimum atomic E-state index is 0.575. The van der Waals surface area contributed by atoms with Crippen LogP contribution in [0, 0.1) is 6.92 Å². The first-order chi connectivity index (χ1) is 11.2. The normalized spacial score (nSPS) is 10.9. The van der Waals surface area contributed by atoms with Gasteiger partial charge in [-0.1, -0.05) is 41.9 Å². The smallest absolute Gasteiger partial charge is 0.152 e. The summed E-state index contributed by atoms with van der Waals surface area (Å²) in [5.41, 5.74) is 2.86. The highest BCUT2D eigenvalue weighted by Crippen LogP contribution is 2.25. The Labute approximate surface area is 140 Å². The molecule has 0 amide bonds. The van der Waals surface area contributed by atoms with Crippen LogP contribution in [0.1, 0.15) is 22.5 Å². The van der Waals surface area contributed by atoms with Crippen LogP contribution in [0.4, 0.5) is 0 Å². The lowest BCUT2D eigenvalue weighted by Gasteiger charge is -2.10. The lowest BCUT2D eigenvalue weighted by molar-refractivity contribution is 0.112. The van der Waals surface area contributed by atoms with E-state index in [1.807, 2.05) is 55.5 Å². The van der Waals surface area contributed by atoms with E-state index in [1.54, 1.807) is 0 Å². The Morgan fingerprint density at radius 3 is 2.65 bits per heavy atom. The zero-order chi connectivity index (χ0) is 16.2. The molecular weight excluding hydrogens is 310 g/mol. The number of aromatic nitrogens is 1. The summed E-state index contributed by atoms with van der Waals surface area (Å²) in [5.74, 6) is 0.705. The maximum absolute atomic E-state index is 11.4. The quantitative estimate of drug-likeness (QED) is 0.477. The van der Waals surface area contributed by atoms with Gasteiger partial charge in [-0.25, -0.2) is 0 Å². The van der Waals surface area contributed by atoms with Gasteiger partial charge in [-0.05, 0) is 31.5 Å². The van der Waals surface area contributed by atoms with Crippen LogP contribution in [-0.4, -0.2) is 17.5 Å². The maximum atomic E-state index is 11.4. The van der Waals surface area contributed by atoms with Gasteiger partial charge in [0.15, 0.2) is 6.29 Å². The standard InChI is InChI=1S/C19H18ClNO2/c1-14-16(13-22)15-7-2-4-9-18(15)21(14)11-6-12-23-19-10-5-3-8-17(19)20/h2-5,7-10,13H,6,11-12H2,1H3. The first-order valence-electron chi connectivity index (χ1n) is 7.62. The Morgan fingerprint density at radius 2 is 1.87 bits per heavy atom. The summed E-state index contributed by atoms with van der Waals surface area (Å²) in [6.07, 6.45) is 1.78. The third kappa shape index (κ3) is 3.10. The monoisotopic (exact) mass is 327 g/mol. The van der Waals surface area contributed by atoms with Crippen LogP contribution in [-0.2, 0) is 6.54 Å². The molecule has 0 spiro atoms. The minimum Gasteiger partial charge on any atom is -0.492 e. The Hall–Kier alpha value is -2.26. The van der Waals surface area contributed by atoms with Crippen molar-refractivity contribution in [1.29, 1.82) is 0 Å². The molecule has 2 aromatic carbocycles. The molecule has 0 aliphatic rings. The number of aldehydes is 1. The average Bonchev–Trinajstić information content (AvgIpc) is 2.84. The summed E-state index contributed by atoms with van der Waals surface area (Å²) in [6, 6.07) is 15.5. The molecule has 0 aliphatic carbocycles. The fourth-order valence-electron chi connectivity index (χ4n) is 2.86. The molecular formula is C19H18ClNO2. The van der Waals surface area contributed by atoms with Crippen molar-refractivity contribution in [3.63, 3.8) is 0 Å². The summed E-state index contributed by atoms with van der Waals surface area (Å²) in [7, 11) is 0. The van der Waals surface area contributed by atoms with Crippen LogP contribution in [0.3, 0.4) is 0 Å². The molecule has 23 heavy (non-hydrogen) atoms. The van der Waals surface area contributed by atoms with Gasteiger partial charge >= 0.3 is 0 Å². The SMILES string of the molecule is Cc1c(C=O)c2ccccc2n1CCCOc1ccccc1Cl. The van der Waals surface area contributed by atoms with Gasteiger partial charge < -0.3 is 9.30 Å². The van der Waals surface area contributed by atoms with E-state index in [4.69, 9.17) is 16.3 Å². The first kappa shape index (κ1) is 15.6. The van der Waals surface area contributed by atoms with Crippen LogP contribution >= 0.6 is 11.6 Å². The minimum absolute atomic E-state index is 0.575. The second kappa shape index (κ2) is 6.88. The predicted molar refractivity (Wildman–Crippen MR) is 93.6 cm³/mol. The molecule has 1 heterocycles. The number of ether oxygens (including phenoxy) is 1. The van der Waals surface area contributed by atoms with Crippen molar-refractivity contribution in [1.82, 2.24) is 4.57 Å². The zero-order valence-corrected chi connectivity index (χ0v) is 13.7. The van der Waals surface area contributed by atoms with Gasteiger partial charge in [0.05, 0.1) is 11.6 Å². The van der Waals surface area contributed by atoms with Crippen molar-refractivity contribution in [3.8, 4) is 5.75 Å². The number of nitrogens with zero attached hydrogens (tertiary/aromatic N) is 1. The topological polar surface area (TPSA) is 31.2 Å². The van der Waals surface area contributed by atoms with Crippen molar-refractivity contribution >= 4 is 28.8 Å². The van der Waals surface area contributed by atoms with E-state index in [-0.39, 0.29) is 0 Å². The molecule has 0 atom stereocenters.